The number of hydrogen-bond acceptors (Lipinski definition) is 2. The summed E-state index contributed by atoms with van der Waals surface area (Å²) in [4.78, 5) is 4.42. The van der Waals surface area contributed by atoms with Crippen LogP contribution in [0.25, 0.3) is 5.69 Å². The van der Waals surface area contributed by atoms with Gasteiger partial charge in [-0.1, -0.05) is 20.8 Å². The van der Waals surface area contributed by atoms with Crippen molar-refractivity contribution in [1.82, 2.24) is 9.55 Å². The van der Waals surface area contributed by atoms with Crippen molar-refractivity contribution < 1.29 is 0 Å². The second-order valence-corrected chi connectivity index (χ2v) is 4.96. The van der Waals surface area contributed by atoms with Crippen LogP contribution in [0.3, 0.4) is 0 Å². The fourth-order valence-electron chi connectivity index (χ4n) is 1.70. The molecule has 2 aromatic rings. The molecule has 0 saturated carbocycles. The van der Waals surface area contributed by atoms with Gasteiger partial charge in [0.25, 0.3) is 0 Å². The third-order valence-corrected chi connectivity index (χ3v) is 2.48. The first-order valence-corrected chi connectivity index (χ1v) is 5.38. The summed E-state index contributed by atoms with van der Waals surface area (Å²) in [6, 6.07) is 7.82. The van der Waals surface area contributed by atoms with Crippen molar-refractivity contribution in [3.8, 4) is 5.69 Å². The monoisotopic (exact) mass is 215 g/mol. The van der Waals surface area contributed by atoms with Crippen LogP contribution in [0.5, 0.6) is 0 Å². The lowest BCUT2D eigenvalue weighted by Gasteiger charge is -2.19. The molecule has 0 unspecified atom stereocenters. The zero-order valence-corrected chi connectivity index (χ0v) is 9.94. The summed E-state index contributed by atoms with van der Waals surface area (Å²) in [6.07, 6.45) is 3.81. The number of benzene rings is 1. The highest BCUT2D eigenvalue weighted by Gasteiger charge is 2.20. The van der Waals surface area contributed by atoms with Gasteiger partial charge >= 0.3 is 0 Å². The summed E-state index contributed by atoms with van der Waals surface area (Å²) < 4.78 is 2.10. The average molecular weight is 215 g/mol. The molecule has 16 heavy (non-hydrogen) atoms. The summed E-state index contributed by atoms with van der Waals surface area (Å²) in [5.41, 5.74) is 7.58. The summed E-state index contributed by atoms with van der Waals surface area (Å²) in [6.45, 7) is 6.47. The first-order chi connectivity index (χ1) is 7.48. The Kier molecular flexibility index (Phi) is 2.46. The highest BCUT2D eigenvalue weighted by Crippen LogP contribution is 2.23. The van der Waals surface area contributed by atoms with E-state index in [1.165, 1.54) is 0 Å². The van der Waals surface area contributed by atoms with Crippen molar-refractivity contribution in [2.45, 2.75) is 26.2 Å². The van der Waals surface area contributed by atoms with Gasteiger partial charge in [0.1, 0.15) is 5.82 Å². The maximum atomic E-state index is 5.68. The number of hydrogen-bond donors (Lipinski definition) is 1. The second-order valence-electron chi connectivity index (χ2n) is 4.96. The Morgan fingerprint density at radius 2 is 1.75 bits per heavy atom. The van der Waals surface area contributed by atoms with Crippen molar-refractivity contribution >= 4 is 5.69 Å². The molecule has 0 aliphatic carbocycles. The molecule has 0 fully saturated rings. The lowest BCUT2D eigenvalue weighted by Crippen LogP contribution is -2.17. The molecule has 0 spiro atoms. The van der Waals surface area contributed by atoms with Gasteiger partial charge in [0.15, 0.2) is 0 Å². The van der Waals surface area contributed by atoms with Crippen molar-refractivity contribution in [2.24, 2.45) is 0 Å². The maximum Gasteiger partial charge on any atom is 0.118 e. The molecule has 84 valence electrons. The lowest BCUT2D eigenvalue weighted by atomic mass is 9.95. The molecule has 3 nitrogen and oxygen atoms in total. The van der Waals surface area contributed by atoms with Crippen LogP contribution >= 0.6 is 0 Å². The van der Waals surface area contributed by atoms with Crippen molar-refractivity contribution in [1.29, 1.82) is 0 Å². The van der Waals surface area contributed by atoms with E-state index in [0.717, 1.165) is 17.2 Å². The van der Waals surface area contributed by atoms with Crippen molar-refractivity contribution in [2.75, 3.05) is 5.73 Å². The van der Waals surface area contributed by atoms with Crippen LogP contribution in [-0.4, -0.2) is 9.55 Å². The molecule has 0 saturated heterocycles. The van der Waals surface area contributed by atoms with E-state index in [0.29, 0.717) is 0 Å². The van der Waals surface area contributed by atoms with E-state index in [4.69, 9.17) is 5.73 Å². The van der Waals surface area contributed by atoms with Crippen molar-refractivity contribution in [3.63, 3.8) is 0 Å². The highest BCUT2D eigenvalue weighted by atomic mass is 15.1. The zero-order chi connectivity index (χ0) is 11.8. The molecule has 2 rings (SSSR count). The molecule has 0 aliphatic rings. The Balaban J connectivity index is 2.49. The maximum absolute atomic E-state index is 5.68. The van der Waals surface area contributed by atoms with Gasteiger partial charge in [-0.3, -0.25) is 0 Å². The van der Waals surface area contributed by atoms with Crippen LogP contribution in [0.2, 0.25) is 0 Å². The third kappa shape index (κ3) is 1.94. The van der Waals surface area contributed by atoms with E-state index >= 15 is 0 Å². The first kappa shape index (κ1) is 10.7. The summed E-state index contributed by atoms with van der Waals surface area (Å²) in [5.74, 6) is 1.05. The van der Waals surface area contributed by atoms with Crippen LogP contribution in [0, 0.1) is 0 Å². The number of rotatable bonds is 1. The third-order valence-electron chi connectivity index (χ3n) is 2.48. The van der Waals surface area contributed by atoms with Crippen LogP contribution in [0.1, 0.15) is 26.6 Å². The standard InChI is InChI=1S/C13H17N3/c1-13(2,3)12-15-8-9-16(12)11-6-4-10(14)5-7-11/h4-9H,14H2,1-3H3. The predicted molar refractivity (Wildman–Crippen MR) is 66.7 cm³/mol. The molecular formula is C13H17N3. The quantitative estimate of drug-likeness (QED) is 0.743. The van der Waals surface area contributed by atoms with Crippen molar-refractivity contribution in [3.05, 3.63) is 42.5 Å². The van der Waals surface area contributed by atoms with Crippen LogP contribution in [-0.2, 0) is 5.41 Å². The van der Waals surface area contributed by atoms with Gasteiger partial charge in [-0.15, -0.1) is 0 Å². The highest BCUT2D eigenvalue weighted by molar-refractivity contribution is 5.45. The van der Waals surface area contributed by atoms with Gasteiger partial charge in [0.05, 0.1) is 0 Å². The Bertz CT molecular complexity index is 475. The van der Waals surface area contributed by atoms with Crippen LogP contribution in [0.4, 0.5) is 5.69 Å². The van der Waals surface area contributed by atoms with Crippen LogP contribution in [0.15, 0.2) is 36.7 Å². The van der Waals surface area contributed by atoms with E-state index in [-0.39, 0.29) is 5.41 Å². The molecule has 0 aliphatic heterocycles. The Hall–Kier alpha value is -1.77. The molecule has 1 heterocycles. The van der Waals surface area contributed by atoms with E-state index in [1.54, 1.807) is 0 Å². The van der Waals surface area contributed by atoms with Gasteiger partial charge in [0, 0.05) is 29.2 Å². The lowest BCUT2D eigenvalue weighted by molar-refractivity contribution is 0.536. The topological polar surface area (TPSA) is 43.8 Å². The minimum atomic E-state index is 0.0326. The number of nitrogens with zero attached hydrogens (tertiary/aromatic N) is 2. The zero-order valence-electron chi connectivity index (χ0n) is 9.94. The first-order valence-electron chi connectivity index (χ1n) is 5.38. The molecule has 0 bridgehead atoms. The SMILES string of the molecule is CC(C)(C)c1nccn1-c1ccc(N)cc1. The Morgan fingerprint density at radius 3 is 2.31 bits per heavy atom. The van der Waals surface area contributed by atoms with E-state index in [2.05, 4.69) is 30.3 Å². The largest absolute Gasteiger partial charge is 0.399 e. The smallest absolute Gasteiger partial charge is 0.118 e. The molecule has 2 N–H and O–H groups in total. The Morgan fingerprint density at radius 1 is 1.12 bits per heavy atom. The summed E-state index contributed by atoms with van der Waals surface area (Å²) >= 11 is 0. The molecular weight excluding hydrogens is 198 g/mol. The summed E-state index contributed by atoms with van der Waals surface area (Å²) in [7, 11) is 0. The van der Waals surface area contributed by atoms with E-state index < -0.39 is 0 Å². The molecule has 0 radical (unpaired) electrons. The molecule has 0 amide bonds. The Labute approximate surface area is 95.9 Å². The summed E-state index contributed by atoms with van der Waals surface area (Å²) in [5, 5.41) is 0. The van der Waals surface area contributed by atoms with Gasteiger partial charge in [-0.05, 0) is 24.3 Å². The minimum absolute atomic E-state index is 0.0326. The normalized spacial score (nSPS) is 11.7. The van der Waals surface area contributed by atoms with Gasteiger partial charge in [-0.25, -0.2) is 4.98 Å². The number of anilines is 1. The van der Waals surface area contributed by atoms with Gasteiger partial charge in [0.2, 0.25) is 0 Å². The number of imidazole rings is 1. The average Bonchev–Trinajstić information content (AvgIpc) is 2.66. The van der Waals surface area contributed by atoms with E-state index in [9.17, 15) is 0 Å². The van der Waals surface area contributed by atoms with Gasteiger partial charge in [-0.2, -0.15) is 0 Å². The number of nitrogens with two attached hydrogens (primary N) is 1. The van der Waals surface area contributed by atoms with Crippen LogP contribution < -0.4 is 5.73 Å². The number of aromatic nitrogens is 2. The fourth-order valence-corrected chi connectivity index (χ4v) is 1.70. The fraction of sp³-hybridized carbons (Fsp3) is 0.308. The molecule has 3 heteroatoms. The van der Waals surface area contributed by atoms with Gasteiger partial charge < -0.3 is 10.3 Å². The molecule has 0 atom stereocenters. The predicted octanol–water partition coefficient (Wildman–Crippen LogP) is 2.75. The molecule has 1 aromatic heterocycles. The second kappa shape index (κ2) is 3.67. The minimum Gasteiger partial charge on any atom is -0.399 e. The van der Waals surface area contributed by atoms with E-state index in [1.807, 2.05) is 36.7 Å². The number of nitrogen functional groups attached to an aromatic ring is 1. The molecule has 1 aromatic carbocycles.